The van der Waals surface area contributed by atoms with Gasteiger partial charge in [0.25, 0.3) is 0 Å². The molecule has 1 saturated heterocycles. The van der Waals surface area contributed by atoms with Crippen LogP contribution in [0.4, 0.5) is 5.69 Å². The number of pyridine rings is 1. The molecule has 1 aliphatic heterocycles. The molecule has 0 N–H and O–H groups in total. The minimum Gasteiger partial charge on any atom is -0.366 e. The minimum absolute atomic E-state index is 0.178. The Morgan fingerprint density at radius 3 is 2.36 bits per heavy atom. The maximum Gasteiger partial charge on any atom is 0.217 e. The highest BCUT2D eigenvalue weighted by molar-refractivity contribution is 7.89. The molecule has 0 radical (unpaired) electrons. The summed E-state index contributed by atoms with van der Waals surface area (Å²) >= 11 is 0. The van der Waals surface area contributed by atoms with Crippen LogP contribution in [0.25, 0.3) is 5.82 Å². The number of aromatic nitrogens is 3. The number of hydrogen-bond donors (Lipinski definition) is 0. The summed E-state index contributed by atoms with van der Waals surface area (Å²) in [6.45, 7) is 6.55. The predicted molar refractivity (Wildman–Crippen MR) is 110 cm³/mol. The third kappa shape index (κ3) is 3.55. The summed E-state index contributed by atoms with van der Waals surface area (Å²) in [6.07, 6.45) is 6.64. The van der Waals surface area contributed by atoms with E-state index in [2.05, 4.69) is 21.9 Å². The molecular formula is C20H29N5O2S. The summed E-state index contributed by atoms with van der Waals surface area (Å²) in [6, 6.07) is 5.79. The Kier molecular flexibility index (Phi) is 5.42. The monoisotopic (exact) mass is 403 g/mol. The van der Waals surface area contributed by atoms with Crippen molar-refractivity contribution < 1.29 is 8.42 Å². The lowest BCUT2D eigenvalue weighted by atomic mass is 10.0. The number of anilines is 1. The molecule has 0 amide bonds. The van der Waals surface area contributed by atoms with Crippen molar-refractivity contribution in [2.24, 2.45) is 0 Å². The van der Waals surface area contributed by atoms with E-state index >= 15 is 0 Å². The summed E-state index contributed by atoms with van der Waals surface area (Å²) in [5.41, 5.74) is 3.09. The molecule has 7 nitrogen and oxygen atoms in total. The van der Waals surface area contributed by atoms with Gasteiger partial charge in [-0.1, -0.05) is 25.3 Å². The van der Waals surface area contributed by atoms with Crippen molar-refractivity contribution in [3.63, 3.8) is 0 Å². The zero-order valence-corrected chi connectivity index (χ0v) is 17.5. The van der Waals surface area contributed by atoms with Gasteiger partial charge in [-0.25, -0.2) is 18.1 Å². The summed E-state index contributed by atoms with van der Waals surface area (Å²) < 4.78 is 29.6. The first-order valence-corrected chi connectivity index (χ1v) is 11.7. The standard InChI is InChI=1S/C20H29N5O2S/c1-16-20(17(2)25(22-16)19-10-6-7-11-21-19)23-12-14-24(15-13-23)28(26,27)18-8-4-3-5-9-18/h6-7,10-11,18H,3-5,8-9,12-15H2,1-2H3. The van der Waals surface area contributed by atoms with Gasteiger partial charge in [0, 0.05) is 32.4 Å². The van der Waals surface area contributed by atoms with E-state index in [4.69, 9.17) is 0 Å². The number of nitrogens with zero attached hydrogens (tertiary/aromatic N) is 5. The lowest BCUT2D eigenvalue weighted by molar-refractivity contribution is 0.367. The maximum absolute atomic E-state index is 13.0. The van der Waals surface area contributed by atoms with Crippen LogP contribution in [-0.2, 0) is 10.0 Å². The van der Waals surface area contributed by atoms with Gasteiger partial charge in [-0.15, -0.1) is 0 Å². The van der Waals surface area contributed by atoms with E-state index in [1.165, 1.54) is 6.42 Å². The highest BCUT2D eigenvalue weighted by Gasteiger charge is 2.35. The number of piperazine rings is 1. The molecular weight excluding hydrogens is 374 g/mol. The van der Waals surface area contributed by atoms with Crippen molar-refractivity contribution in [3.8, 4) is 5.82 Å². The number of rotatable bonds is 4. The first-order valence-electron chi connectivity index (χ1n) is 10.2. The van der Waals surface area contributed by atoms with Crippen LogP contribution in [0, 0.1) is 13.8 Å². The summed E-state index contributed by atoms with van der Waals surface area (Å²) in [4.78, 5) is 6.67. The fraction of sp³-hybridized carbons (Fsp3) is 0.600. The zero-order chi connectivity index (χ0) is 19.7. The molecule has 2 aromatic rings. The van der Waals surface area contributed by atoms with Gasteiger partial charge in [0.2, 0.25) is 10.0 Å². The van der Waals surface area contributed by atoms with Crippen molar-refractivity contribution in [2.45, 2.75) is 51.2 Å². The van der Waals surface area contributed by atoms with Crippen molar-refractivity contribution in [2.75, 3.05) is 31.1 Å². The number of sulfonamides is 1. The minimum atomic E-state index is -3.17. The number of hydrogen-bond acceptors (Lipinski definition) is 5. The van der Waals surface area contributed by atoms with E-state index < -0.39 is 10.0 Å². The second-order valence-corrected chi connectivity index (χ2v) is 10.0. The molecule has 1 aliphatic carbocycles. The molecule has 28 heavy (non-hydrogen) atoms. The fourth-order valence-electron chi connectivity index (χ4n) is 4.53. The number of aryl methyl sites for hydroxylation is 1. The van der Waals surface area contributed by atoms with Crippen LogP contribution in [0.5, 0.6) is 0 Å². The molecule has 0 bridgehead atoms. The van der Waals surface area contributed by atoms with Crippen molar-refractivity contribution in [1.29, 1.82) is 0 Å². The van der Waals surface area contributed by atoms with Crippen LogP contribution in [0.3, 0.4) is 0 Å². The Morgan fingerprint density at radius 1 is 1.00 bits per heavy atom. The largest absolute Gasteiger partial charge is 0.366 e. The summed E-state index contributed by atoms with van der Waals surface area (Å²) in [7, 11) is -3.17. The highest BCUT2D eigenvalue weighted by atomic mass is 32.2. The maximum atomic E-state index is 13.0. The Bertz CT molecular complexity index is 912. The van der Waals surface area contributed by atoms with Gasteiger partial charge in [0.05, 0.1) is 22.3 Å². The van der Waals surface area contributed by atoms with Gasteiger partial charge < -0.3 is 4.90 Å². The first kappa shape index (κ1) is 19.4. The average molecular weight is 404 g/mol. The van der Waals surface area contributed by atoms with Gasteiger partial charge in [-0.3, -0.25) is 0 Å². The smallest absolute Gasteiger partial charge is 0.217 e. The first-order chi connectivity index (χ1) is 13.5. The quantitative estimate of drug-likeness (QED) is 0.785. The van der Waals surface area contributed by atoms with E-state index in [1.54, 1.807) is 10.5 Å². The van der Waals surface area contributed by atoms with Crippen LogP contribution in [0.2, 0.25) is 0 Å². The van der Waals surface area contributed by atoms with Gasteiger partial charge in [-0.2, -0.15) is 9.40 Å². The van der Waals surface area contributed by atoms with Crippen LogP contribution < -0.4 is 4.90 Å². The van der Waals surface area contributed by atoms with Gasteiger partial charge >= 0.3 is 0 Å². The van der Waals surface area contributed by atoms with Crippen LogP contribution in [0.1, 0.15) is 43.5 Å². The van der Waals surface area contributed by atoms with Crippen molar-refractivity contribution in [3.05, 3.63) is 35.8 Å². The molecule has 1 saturated carbocycles. The Morgan fingerprint density at radius 2 is 1.71 bits per heavy atom. The molecule has 0 aromatic carbocycles. The molecule has 8 heteroatoms. The van der Waals surface area contributed by atoms with Gasteiger partial charge in [-0.05, 0) is 38.8 Å². The van der Waals surface area contributed by atoms with Crippen LogP contribution >= 0.6 is 0 Å². The highest BCUT2D eigenvalue weighted by Crippen LogP contribution is 2.30. The molecule has 2 aliphatic rings. The Labute approximate surface area is 167 Å². The van der Waals surface area contributed by atoms with Gasteiger partial charge in [0.15, 0.2) is 5.82 Å². The summed E-state index contributed by atoms with van der Waals surface area (Å²) in [5.74, 6) is 0.799. The molecule has 2 fully saturated rings. The van der Waals surface area contributed by atoms with Crippen molar-refractivity contribution >= 4 is 15.7 Å². The second-order valence-electron chi connectivity index (χ2n) is 7.81. The SMILES string of the molecule is Cc1nn(-c2ccccn2)c(C)c1N1CCN(S(=O)(=O)C2CCCCC2)CC1. The normalized spacial score (nSPS) is 19.9. The lowest BCUT2D eigenvalue weighted by Crippen LogP contribution is -2.51. The molecule has 0 spiro atoms. The second kappa shape index (κ2) is 7.83. The van der Waals surface area contributed by atoms with E-state index in [1.807, 2.05) is 29.8 Å². The zero-order valence-electron chi connectivity index (χ0n) is 16.7. The molecule has 4 rings (SSSR count). The van der Waals surface area contributed by atoms with E-state index in [0.29, 0.717) is 26.2 Å². The fourth-order valence-corrected chi connectivity index (χ4v) is 6.56. The third-order valence-electron chi connectivity index (χ3n) is 6.01. The molecule has 0 atom stereocenters. The average Bonchev–Trinajstić information content (AvgIpc) is 3.03. The van der Waals surface area contributed by atoms with Crippen molar-refractivity contribution in [1.82, 2.24) is 19.1 Å². The van der Waals surface area contributed by atoms with E-state index in [-0.39, 0.29) is 5.25 Å². The Hall–Kier alpha value is -1.93. The van der Waals surface area contributed by atoms with Crippen LogP contribution in [-0.4, -0.2) is 58.9 Å². The lowest BCUT2D eigenvalue weighted by Gasteiger charge is -2.37. The van der Waals surface area contributed by atoms with E-state index in [0.717, 1.165) is 48.6 Å². The van der Waals surface area contributed by atoms with Crippen LogP contribution in [0.15, 0.2) is 24.4 Å². The van der Waals surface area contributed by atoms with Gasteiger partial charge in [0.1, 0.15) is 0 Å². The van der Waals surface area contributed by atoms with E-state index in [9.17, 15) is 8.42 Å². The molecule has 152 valence electrons. The third-order valence-corrected chi connectivity index (χ3v) is 8.41. The summed E-state index contributed by atoms with van der Waals surface area (Å²) in [5, 5.41) is 4.50. The molecule has 2 aromatic heterocycles. The molecule has 3 heterocycles. The topological polar surface area (TPSA) is 71.3 Å². The molecule has 0 unspecified atom stereocenters. The Balaban J connectivity index is 1.49. The predicted octanol–water partition coefficient (Wildman–Crippen LogP) is 2.67.